The standard InChI is InChI=1S/C12H19NO2.ClH/c1-10(2)15-12-6-4-5-11(9-12)14-8-7-13-3;/h4-6,9-10,13H,7-8H2,1-3H3;1H. The van der Waals surface area contributed by atoms with Gasteiger partial charge < -0.3 is 14.8 Å². The molecule has 0 radical (unpaired) electrons. The zero-order chi connectivity index (χ0) is 11.1. The lowest BCUT2D eigenvalue weighted by molar-refractivity contribution is 0.240. The largest absolute Gasteiger partial charge is 0.492 e. The summed E-state index contributed by atoms with van der Waals surface area (Å²) >= 11 is 0. The maximum atomic E-state index is 5.57. The fourth-order valence-electron chi connectivity index (χ4n) is 1.18. The van der Waals surface area contributed by atoms with Gasteiger partial charge in [-0.25, -0.2) is 0 Å². The highest BCUT2D eigenvalue weighted by Crippen LogP contribution is 2.20. The minimum atomic E-state index is 0. The van der Waals surface area contributed by atoms with Gasteiger partial charge in [0.1, 0.15) is 18.1 Å². The summed E-state index contributed by atoms with van der Waals surface area (Å²) in [5, 5.41) is 3.03. The Kier molecular flexibility index (Phi) is 7.77. The summed E-state index contributed by atoms with van der Waals surface area (Å²) in [7, 11) is 1.90. The first-order valence-corrected chi connectivity index (χ1v) is 5.26. The molecule has 0 atom stereocenters. The predicted octanol–water partition coefficient (Wildman–Crippen LogP) is 2.49. The van der Waals surface area contributed by atoms with Crippen molar-refractivity contribution in [3.8, 4) is 11.5 Å². The Balaban J connectivity index is 0.00000225. The van der Waals surface area contributed by atoms with Crippen molar-refractivity contribution in [1.82, 2.24) is 5.32 Å². The van der Waals surface area contributed by atoms with Crippen LogP contribution in [0.2, 0.25) is 0 Å². The van der Waals surface area contributed by atoms with E-state index in [2.05, 4.69) is 5.32 Å². The van der Waals surface area contributed by atoms with Gasteiger partial charge in [0.2, 0.25) is 0 Å². The van der Waals surface area contributed by atoms with Crippen molar-refractivity contribution in [3.63, 3.8) is 0 Å². The van der Waals surface area contributed by atoms with Crippen LogP contribution in [0.1, 0.15) is 13.8 Å². The van der Waals surface area contributed by atoms with Crippen molar-refractivity contribution in [2.24, 2.45) is 0 Å². The third-order valence-corrected chi connectivity index (χ3v) is 1.80. The van der Waals surface area contributed by atoms with Gasteiger partial charge in [-0.05, 0) is 33.0 Å². The number of likely N-dealkylation sites (N-methyl/N-ethyl adjacent to an activating group) is 1. The number of ether oxygens (including phenoxy) is 2. The number of nitrogens with one attached hydrogen (secondary N) is 1. The number of hydrogen-bond acceptors (Lipinski definition) is 3. The van der Waals surface area contributed by atoms with Crippen LogP contribution in [-0.4, -0.2) is 26.3 Å². The van der Waals surface area contributed by atoms with Crippen molar-refractivity contribution in [3.05, 3.63) is 24.3 Å². The van der Waals surface area contributed by atoms with E-state index in [0.29, 0.717) is 6.61 Å². The van der Waals surface area contributed by atoms with E-state index in [9.17, 15) is 0 Å². The van der Waals surface area contributed by atoms with E-state index in [1.165, 1.54) is 0 Å². The molecule has 0 aliphatic heterocycles. The van der Waals surface area contributed by atoms with Crippen LogP contribution >= 0.6 is 12.4 Å². The molecule has 1 N–H and O–H groups in total. The maximum Gasteiger partial charge on any atom is 0.123 e. The first-order valence-electron chi connectivity index (χ1n) is 5.26. The SMILES string of the molecule is CNCCOc1cccc(OC(C)C)c1.Cl. The molecule has 16 heavy (non-hydrogen) atoms. The minimum Gasteiger partial charge on any atom is -0.492 e. The Morgan fingerprint density at radius 1 is 1.25 bits per heavy atom. The topological polar surface area (TPSA) is 30.5 Å². The highest BCUT2D eigenvalue weighted by Gasteiger charge is 1.99. The zero-order valence-electron chi connectivity index (χ0n) is 10.0. The summed E-state index contributed by atoms with van der Waals surface area (Å²) in [5.74, 6) is 1.70. The Morgan fingerprint density at radius 2 is 1.94 bits per heavy atom. The fraction of sp³-hybridized carbons (Fsp3) is 0.500. The monoisotopic (exact) mass is 245 g/mol. The van der Waals surface area contributed by atoms with Gasteiger partial charge in [0.15, 0.2) is 0 Å². The van der Waals surface area contributed by atoms with Crippen molar-refractivity contribution >= 4 is 12.4 Å². The molecule has 1 aromatic rings. The fourth-order valence-corrected chi connectivity index (χ4v) is 1.18. The number of halogens is 1. The van der Waals surface area contributed by atoms with Crippen molar-refractivity contribution in [2.75, 3.05) is 20.2 Å². The number of rotatable bonds is 6. The molecule has 0 saturated heterocycles. The van der Waals surface area contributed by atoms with Crippen LogP contribution in [0.3, 0.4) is 0 Å². The molecule has 0 aromatic heterocycles. The van der Waals surface area contributed by atoms with E-state index >= 15 is 0 Å². The van der Waals surface area contributed by atoms with Gasteiger partial charge in [0.25, 0.3) is 0 Å². The van der Waals surface area contributed by atoms with E-state index in [1.807, 2.05) is 45.2 Å². The van der Waals surface area contributed by atoms with E-state index < -0.39 is 0 Å². The zero-order valence-corrected chi connectivity index (χ0v) is 10.8. The smallest absolute Gasteiger partial charge is 0.123 e. The van der Waals surface area contributed by atoms with Crippen LogP contribution < -0.4 is 14.8 Å². The van der Waals surface area contributed by atoms with Crippen LogP contribution in [0.15, 0.2) is 24.3 Å². The van der Waals surface area contributed by atoms with E-state index in [4.69, 9.17) is 9.47 Å². The van der Waals surface area contributed by atoms with Crippen LogP contribution in [0.25, 0.3) is 0 Å². The average Bonchev–Trinajstić information content (AvgIpc) is 2.18. The maximum absolute atomic E-state index is 5.57. The summed E-state index contributed by atoms with van der Waals surface area (Å²) in [5.41, 5.74) is 0. The first-order chi connectivity index (χ1) is 7.22. The highest BCUT2D eigenvalue weighted by molar-refractivity contribution is 5.85. The molecule has 0 aliphatic carbocycles. The Morgan fingerprint density at radius 3 is 2.56 bits per heavy atom. The third-order valence-electron chi connectivity index (χ3n) is 1.80. The van der Waals surface area contributed by atoms with Crippen molar-refractivity contribution < 1.29 is 9.47 Å². The Labute approximate surface area is 104 Å². The number of hydrogen-bond donors (Lipinski definition) is 1. The van der Waals surface area contributed by atoms with Crippen LogP contribution in [0, 0.1) is 0 Å². The van der Waals surface area contributed by atoms with Gasteiger partial charge in [-0.2, -0.15) is 0 Å². The minimum absolute atomic E-state index is 0. The Hall–Kier alpha value is -0.930. The summed E-state index contributed by atoms with van der Waals surface area (Å²) in [6, 6.07) is 7.72. The normalized spacial score (nSPS) is 9.75. The summed E-state index contributed by atoms with van der Waals surface area (Å²) < 4.78 is 11.1. The van der Waals surface area contributed by atoms with Gasteiger partial charge >= 0.3 is 0 Å². The average molecular weight is 246 g/mol. The second-order valence-corrected chi connectivity index (χ2v) is 3.59. The quantitative estimate of drug-likeness (QED) is 0.782. The van der Waals surface area contributed by atoms with Gasteiger partial charge in [-0.1, -0.05) is 6.07 Å². The molecule has 92 valence electrons. The molecule has 1 rings (SSSR count). The second-order valence-electron chi connectivity index (χ2n) is 3.59. The van der Waals surface area contributed by atoms with Crippen molar-refractivity contribution in [1.29, 1.82) is 0 Å². The first kappa shape index (κ1) is 15.1. The predicted molar refractivity (Wildman–Crippen MR) is 68.9 cm³/mol. The lowest BCUT2D eigenvalue weighted by Gasteiger charge is -2.11. The number of benzene rings is 1. The second kappa shape index (κ2) is 8.25. The molecule has 0 unspecified atom stereocenters. The van der Waals surface area contributed by atoms with Gasteiger partial charge in [0.05, 0.1) is 6.10 Å². The van der Waals surface area contributed by atoms with Crippen LogP contribution in [-0.2, 0) is 0 Å². The lowest BCUT2D eigenvalue weighted by atomic mass is 10.3. The van der Waals surface area contributed by atoms with Gasteiger partial charge in [-0.15, -0.1) is 12.4 Å². The van der Waals surface area contributed by atoms with E-state index in [0.717, 1.165) is 18.0 Å². The highest BCUT2D eigenvalue weighted by atomic mass is 35.5. The Bertz CT molecular complexity index is 292. The molecular formula is C12H20ClNO2. The molecule has 1 aromatic carbocycles. The summed E-state index contributed by atoms with van der Waals surface area (Å²) in [6.45, 7) is 5.53. The van der Waals surface area contributed by atoms with Gasteiger partial charge in [-0.3, -0.25) is 0 Å². The third kappa shape index (κ3) is 5.83. The lowest BCUT2D eigenvalue weighted by Crippen LogP contribution is -2.16. The van der Waals surface area contributed by atoms with Crippen molar-refractivity contribution in [2.45, 2.75) is 20.0 Å². The molecule has 0 fully saturated rings. The molecule has 0 spiro atoms. The molecule has 4 heteroatoms. The molecule has 0 bridgehead atoms. The molecule has 3 nitrogen and oxygen atoms in total. The van der Waals surface area contributed by atoms with Crippen LogP contribution in [0.4, 0.5) is 0 Å². The van der Waals surface area contributed by atoms with Gasteiger partial charge in [0, 0.05) is 12.6 Å². The molecule has 0 heterocycles. The summed E-state index contributed by atoms with van der Waals surface area (Å²) in [6.07, 6.45) is 0.192. The summed E-state index contributed by atoms with van der Waals surface area (Å²) in [4.78, 5) is 0. The van der Waals surface area contributed by atoms with Crippen LogP contribution in [0.5, 0.6) is 11.5 Å². The van der Waals surface area contributed by atoms with E-state index in [1.54, 1.807) is 0 Å². The molecular weight excluding hydrogens is 226 g/mol. The molecule has 0 aliphatic rings. The molecule has 0 saturated carbocycles. The van der Waals surface area contributed by atoms with E-state index in [-0.39, 0.29) is 18.5 Å². The molecule has 0 amide bonds.